The number of hydrogen-bond acceptors (Lipinski definition) is 5. The van der Waals surface area contributed by atoms with Gasteiger partial charge in [0.25, 0.3) is 0 Å². The van der Waals surface area contributed by atoms with Crippen LogP contribution < -0.4 is 11.2 Å². The molecular formula is C14H19N5O2. The van der Waals surface area contributed by atoms with Crippen LogP contribution in [-0.2, 0) is 9.57 Å². The number of hydroxylamine groups is 1. The zero-order chi connectivity index (χ0) is 14.8. The normalized spacial score (nSPS) is 25.4. The molecule has 1 aromatic carbocycles. The molecule has 7 heteroatoms. The highest BCUT2D eigenvalue weighted by atomic mass is 16.7. The van der Waals surface area contributed by atoms with E-state index in [-0.39, 0.29) is 18.3 Å². The van der Waals surface area contributed by atoms with E-state index in [9.17, 15) is 0 Å². The van der Waals surface area contributed by atoms with Crippen LogP contribution in [0.2, 0.25) is 0 Å². The van der Waals surface area contributed by atoms with Crippen LogP contribution in [0, 0.1) is 5.41 Å². The number of guanidine groups is 1. The molecule has 2 heterocycles. The molecule has 0 saturated carbocycles. The summed E-state index contributed by atoms with van der Waals surface area (Å²) >= 11 is 0. The van der Waals surface area contributed by atoms with Crippen molar-refractivity contribution in [2.24, 2.45) is 10.7 Å². The number of hydrogen-bond donors (Lipinski definition) is 3. The Morgan fingerprint density at radius 2 is 2.19 bits per heavy atom. The molecule has 3 rings (SSSR count). The zero-order valence-electron chi connectivity index (χ0n) is 11.9. The monoisotopic (exact) mass is 289 g/mol. The predicted molar refractivity (Wildman–Crippen MR) is 78.8 cm³/mol. The maximum atomic E-state index is 7.52. The number of morpholine rings is 1. The van der Waals surface area contributed by atoms with Gasteiger partial charge in [-0.25, -0.2) is 15.3 Å². The Kier molecular flexibility index (Phi) is 3.76. The summed E-state index contributed by atoms with van der Waals surface area (Å²) in [5.74, 6) is 0.833. The fraction of sp³-hybridized carbons (Fsp3) is 0.429. The molecule has 0 aromatic heterocycles. The molecule has 2 atom stereocenters. The minimum absolute atomic E-state index is 0.0645. The van der Waals surface area contributed by atoms with E-state index in [1.54, 1.807) is 0 Å². The van der Waals surface area contributed by atoms with E-state index in [1.165, 1.54) is 0 Å². The van der Waals surface area contributed by atoms with Gasteiger partial charge in [0.05, 0.1) is 13.2 Å². The number of benzene rings is 1. The van der Waals surface area contributed by atoms with Crippen molar-refractivity contribution in [3.05, 3.63) is 35.4 Å². The maximum Gasteiger partial charge on any atom is 0.188 e. The molecule has 0 amide bonds. The molecule has 1 unspecified atom stereocenters. The molecule has 7 nitrogen and oxygen atoms in total. The van der Waals surface area contributed by atoms with E-state index in [0.717, 1.165) is 17.0 Å². The summed E-state index contributed by atoms with van der Waals surface area (Å²) in [5.41, 5.74) is 10.4. The average Bonchev–Trinajstić information content (AvgIpc) is 2.94. The summed E-state index contributed by atoms with van der Waals surface area (Å²) in [6, 6.07) is 7.99. The second-order valence-corrected chi connectivity index (χ2v) is 5.11. The van der Waals surface area contributed by atoms with Crippen LogP contribution in [0.4, 0.5) is 0 Å². The molecule has 21 heavy (non-hydrogen) atoms. The standard InChI is InChI=1S/C14H19N5O2/c1-9-17-13(18-21-9)11-4-2-10(3-5-11)12-8-19(14(15)16)6-7-20-12/h2-5,9,12H,6-8H2,1H3,(H3,15,16)(H,17,18)/t9?,12-/m1/s1. The van der Waals surface area contributed by atoms with Gasteiger partial charge in [-0.15, -0.1) is 0 Å². The first-order chi connectivity index (χ1) is 10.1. The van der Waals surface area contributed by atoms with Crippen molar-refractivity contribution < 1.29 is 9.57 Å². The Morgan fingerprint density at radius 1 is 1.43 bits per heavy atom. The Hall–Kier alpha value is -2.12. The Bertz CT molecular complexity index is 557. The fourth-order valence-corrected chi connectivity index (χ4v) is 2.43. The molecule has 2 aliphatic heterocycles. The van der Waals surface area contributed by atoms with Crippen molar-refractivity contribution in [2.75, 3.05) is 19.7 Å². The number of ether oxygens (including phenoxy) is 1. The number of nitrogens with zero attached hydrogens (tertiary/aromatic N) is 2. The van der Waals surface area contributed by atoms with Gasteiger partial charge in [-0.3, -0.25) is 5.41 Å². The largest absolute Gasteiger partial charge is 0.370 e. The van der Waals surface area contributed by atoms with Crippen molar-refractivity contribution in [2.45, 2.75) is 19.3 Å². The lowest BCUT2D eigenvalue weighted by atomic mass is 10.1. The highest BCUT2D eigenvalue weighted by Gasteiger charge is 2.23. The molecule has 0 radical (unpaired) electrons. The average molecular weight is 289 g/mol. The summed E-state index contributed by atoms with van der Waals surface area (Å²) in [6.45, 7) is 3.72. The zero-order valence-corrected chi connectivity index (χ0v) is 11.9. The van der Waals surface area contributed by atoms with Gasteiger partial charge in [-0.05, 0) is 12.5 Å². The Morgan fingerprint density at radius 3 is 2.81 bits per heavy atom. The van der Waals surface area contributed by atoms with Crippen LogP contribution in [0.25, 0.3) is 0 Å². The summed E-state index contributed by atoms with van der Waals surface area (Å²) in [5, 5.41) is 7.52. The lowest BCUT2D eigenvalue weighted by Gasteiger charge is -2.33. The molecule has 2 aliphatic rings. The summed E-state index contributed by atoms with van der Waals surface area (Å²) in [7, 11) is 0. The highest BCUT2D eigenvalue weighted by molar-refractivity contribution is 5.98. The van der Waals surface area contributed by atoms with Crippen LogP contribution >= 0.6 is 0 Å². The molecule has 4 N–H and O–H groups in total. The van der Waals surface area contributed by atoms with E-state index in [0.29, 0.717) is 19.7 Å². The smallest absolute Gasteiger partial charge is 0.188 e. The third-order valence-corrected chi connectivity index (χ3v) is 3.60. The van der Waals surface area contributed by atoms with E-state index in [1.807, 2.05) is 36.1 Å². The van der Waals surface area contributed by atoms with Crippen LogP contribution in [0.3, 0.4) is 0 Å². The van der Waals surface area contributed by atoms with Crippen molar-refractivity contribution in [3.8, 4) is 0 Å². The van der Waals surface area contributed by atoms with Gasteiger partial charge < -0.3 is 15.4 Å². The van der Waals surface area contributed by atoms with Gasteiger partial charge in [0, 0.05) is 12.1 Å². The molecule has 112 valence electrons. The Labute approximate surface area is 123 Å². The third-order valence-electron chi connectivity index (χ3n) is 3.60. The van der Waals surface area contributed by atoms with Gasteiger partial charge in [0.15, 0.2) is 18.0 Å². The molecule has 1 aromatic rings. The summed E-state index contributed by atoms with van der Waals surface area (Å²) in [4.78, 5) is 11.3. The second kappa shape index (κ2) is 5.71. The van der Waals surface area contributed by atoms with E-state index in [4.69, 9.17) is 20.7 Å². The van der Waals surface area contributed by atoms with Crippen molar-refractivity contribution in [1.82, 2.24) is 10.4 Å². The summed E-state index contributed by atoms with van der Waals surface area (Å²) < 4.78 is 5.76. The van der Waals surface area contributed by atoms with Crippen LogP contribution in [0.1, 0.15) is 24.2 Å². The minimum Gasteiger partial charge on any atom is -0.370 e. The van der Waals surface area contributed by atoms with Crippen LogP contribution in [0.15, 0.2) is 29.3 Å². The molecular weight excluding hydrogens is 270 g/mol. The first-order valence-electron chi connectivity index (χ1n) is 6.94. The van der Waals surface area contributed by atoms with Crippen molar-refractivity contribution >= 4 is 11.8 Å². The molecule has 1 saturated heterocycles. The summed E-state index contributed by atoms with van der Waals surface area (Å²) in [6.07, 6.45) is -0.226. The van der Waals surface area contributed by atoms with Gasteiger partial charge in [-0.1, -0.05) is 24.3 Å². The van der Waals surface area contributed by atoms with E-state index >= 15 is 0 Å². The predicted octanol–water partition coefficient (Wildman–Crippen LogP) is 0.581. The van der Waals surface area contributed by atoms with Gasteiger partial charge >= 0.3 is 0 Å². The van der Waals surface area contributed by atoms with Gasteiger partial charge in [0.1, 0.15) is 6.10 Å². The maximum absolute atomic E-state index is 7.52. The SMILES string of the molecule is CC1N=C(c2ccc([C@H]3CN(C(=N)N)CCO3)cc2)NO1. The highest BCUT2D eigenvalue weighted by Crippen LogP contribution is 2.22. The quantitative estimate of drug-likeness (QED) is 0.547. The van der Waals surface area contributed by atoms with E-state index < -0.39 is 0 Å². The fourth-order valence-electron chi connectivity index (χ4n) is 2.43. The third kappa shape index (κ3) is 2.98. The number of nitrogens with one attached hydrogen (secondary N) is 2. The van der Waals surface area contributed by atoms with Crippen LogP contribution in [-0.4, -0.2) is 42.6 Å². The molecule has 1 fully saturated rings. The lowest BCUT2D eigenvalue weighted by molar-refractivity contribution is -0.00751. The minimum atomic E-state index is -0.162. The van der Waals surface area contributed by atoms with Crippen LogP contribution in [0.5, 0.6) is 0 Å². The number of rotatable bonds is 2. The Balaban J connectivity index is 1.72. The lowest BCUT2D eigenvalue weighted by Crippen LogP contribution is -2.45. The van der Waals surface area contributed by atoms with Gasteiger partial charge in [0.2, 0.25) is 0 Å². The van der Waals surface area contributed by atoms with Crippen molar-refractivity contribution in [1.29, 1.82) is 5.41 Å². The number of amidine groups is 1. The topological polar surface area (TPSA) is 96.0 Å². The molecule has 0 aliphatic carbocycles. The molecule has 0 spiro atoms. The first kappa shape index (κ1) is 13.8. The number of aliphatic imine (C=N–C) groups is 1. The van der Waals surface area contributed by atoms with E-state index in [2.05, 4.69) is 10.5 Å². The second-order valence-electron chi connectivity index (χ2n) is 5.11. The molecule has 0 bridgehead atoms. The van der Waals surface area contributed by atoms with Gasteiger partial charge in [-0.2, -0.15) is 0 Å². The first-order valence-corrected chi connectivity index (χ1v) is 6.94. The van der Waals surface area contributed by atoms with Crippen molar-refractivity contribution in [3.63, 3.8) is 0 Å². The number of nitrogens with two attached hydrogens (primary N) is 1.